The molecule has 0 spiro atoms. The number of nitrogen functional groups attached to an aromatic ring is 1. The van der Waals surface area contributed by atoms with Gasteiger partial charge in [0.15, 0.2) is 5.82 Å². The van der Waals surface area contributed by atoms with Crippen LogP contribution in [0.2, 0.25) is 0 Å². The molecule has 0 radical (unpaired) electrons. The van der Waals surface area contributed by atoms with Crippen LogP contribution in [0.1, 0.15) is 5.56 Å². The van der Waals surface area contributed by atoms with Gasteiger partial charge in [0.2, 0.25) is 0 Å². The van der Waals surface area contributed by atoms with Gasteiger partial charge in [0, 0.05) is 18.7 Å². The molecule has 2 N–H and O–H groups in total. The number of nitrogens with zero attached hydrogens (tertiary/aromatic N) is 2. The minimum atomic E-state index is -0.443. The van der Waals surface area contributed by atoms with Gasteiger partial charge in [-0.25, -0.2) is 9.37 Å². The van der Waals surface area contributed by atoms with Crippen molar-refractivity contribution in [2.45, 2.75) is 6.92 Å². The Bertz CT molecular complexity index is 795. The van der Waals surface area contributed by atoms with Crippen LogP contribution in [0.5, 0.6) is 11.5 Å². The average Bonchev–Trinajstić information content (AvgIpc) is 2.81. The summed E-state index contributed by atoms with van der Waals surface area (Å²) in [5, 5.41) is 0. The molecule has 0 saturated heterocycles. The first kappa shape index (κ1) is 12.5. The molecule has 4 nitrogen and oxygen atoms in total. The first-order chi connectivity index (χ1) is 9.56. The highest BCUT2D eigenvalue weighted by Crippen LogP contribution is 2.30. The molecule has 102 valence electrons. The van der Waals surface area contributed by atoms with Gasteiger partial charge in [-0.05, 0) is 31.2 Å². The quantitative estimate of drug-likeness (QED) is 0.727. The maximum Gasteiger partial charge on any atom is 0.152 e. The molecule has 2 aromatic carbocycles. The Balaban J connectivity index is 1.99. The van der Waals surface area contributed by atoms with Crippen LogP contribution in [0.3, 0.4) is 0 Å². The molecule has 0 amide bonds. The summed E-state index contributed by atoms with van der Waals surface area (Å²) >= 11 is 0. The molecule has 0 aliphatic heterocycles. The van der Waals surface area contributed by atoms with Crippen LogP contribution in [0.4, 0.5) is 10.1 Å². The summed E-state index contributed by atoms with van der Waals surface area (Å²) in [4.78, 5) is 4.26. The fraction of sp³-hybridized carbons (Fsp3) is 0.133. The zero-order valence-corrected chi connectivity index (χ0v) is 11.2. The van der Waals surface area contributed by atoms with Crippen LogP contribution in [0.25, 0.3) is 11.0 Å². The van der Waals surface area contributed by atoms with Gasteiger partial charge in [-0.2, -0.15) is 0 Å². The van der Waals surface area contributed by atoms with E-state index < -0.39 is 5.82 Å². The predicted molar refractivity (Wildman–Crippen MR) is 76.3 cm³/mol. The van der Waals surface area contributed by atoms with E-state index in [4.69, 9.17) is 10.5 Å². The third-order valence-corrected chi connectivity index (χ3v) is 3.29. The second kappa shape index (κ2) is 4.52. The summed E-state index contributed by atoms with van der Waals surface area (Å²) in [7, 11) is 1.93. The number of aromatic nitrogens is 2. The van der Waals surface area contributed by atoms with Crippen LogP contribution < -0.4 is 10.5 Å². The summed E-state index contributed by atoms with van der Waals surface area (Å²) in [6.07, 6.45) is 1.74. The lowest BCUT2D eigenvalue weighted by Crippen LogP contribution is -1.96. The van der Waals surface area contributed by atoms with Crippen LogP contribution in [0.15, 0.2) is 36.7 Å². The Morgan fingerprint density at radius 3 is 2.85 bits per heavy atom. The molecular weight excluding hydrogens is 257 g/mol. The predicted octanol–water partition coefficient (Wildman–Crippen LogP) is 3.40. The Labute approximate surface area is 115 Å². The molecule has 1 heterocycles. The van der Waals surface area contributed by atoms with Crippen molar-refractivity contribution in [3.8, 4) is 11.5 Å². The fourth-order valence-corrected chi connectivity index (χ4v) is 2.11. The number of imidazole rings is 1. The Morgan fingerprint density at radius 1 is 1.25 bits per heavy atom. The first-order valence-corrected chi connectivity index (χ1v) is 6.20. The smallest absolute Gasteiger partial charge is 0.152 e. The van der Waals surface area contributed by atoms with Crippen molar-refractivity contribution in [3.05, 3.63) is 48.0 Å². The van der Waals surface area contributed by atoms with E-state index in [1.807, 2.05) is 29.8 Å². The van der Waals surface area contributed by atoms with Crippen LogP contribution >= 0.6 is 0 Å². The third kappa shape index (κ3) is 1.97. The molecule has 0 atom stereocenters. The Kier molecular flexibility index (Phi) is 2.82. The maximum absolute atomic E-state index is 13.7. The molecule has 5 heteroatoms. The molecule has 1 aromatic heterocycles. The lowest BCUT2D eigenvalue weighted by molar-refractivity contribution is 0.472. The highest BCUT2D eigenvalue weighted by Gasteiger charge is 2.10. The number of halogens is 1. The average molecular weight is 271 g/mol. The highest BCUT2D eigenvalue weighted by atomic mass is 19.1. The standard InChI is InChI=1S/C15H14FN3O/c1-9-14(6-4-11(17)15(9)16)20-10-3-5-13-12(7-10)18-8-19(13)2/h3-8H,17H2,1-2H3. The van der Waals surface area contributed by atoms with Crippen LogP contribution in [-0.4, -0.2) is 9.55 Å². The number of fused-ring (bicyclic) bond motifs is 1. The lowest BCUT2D eigenvalue weighted by atomic mass is 10.2. The summed E-state index contributed by atoms with van der Waals surface area (Å²) < 4.78 is 21.4. The molecule has 0 saturated carbocycles. The number of ether oxygens (including phenoxy) is 1. The van der Waals surface area contributed by atoms with Gasteiger partial charge in [-0.3, -0.25) is 0 Å². The third-order valence-electron chi connectivity index (χ3n) is 3.29. The van der Waals surface area contributed by atoms with E-state index in [1.165, 1.54) is 6.07 Å². The van der Waals surface area contributed by atoms with Gasteiger partial charge < -0.3 is 15.0 Å². The number of anilines is 1. The summed E-state index contributed by atoms with van der Waals surface area (Å²) in [5.41, 5.74) is 7.88. The molecule has 0 unspecified atom stereocenters. The Hall–Kier alpha value is -2.56. The van der Waals surface area contributed by atoms with Gasteiger partial charge >= 0.3 is 0 Å². The van der Waals surface area contributed by atoms with E-state index in [2.05, 4.69) is 4.98 Å². The van der Waals surface area contributed by atoms with Crippen LogP contribution in [0, 0.1) is 12.7 Å². The number of hydrogen-bond donors (Lipinski definition) is 1. The number of benzene rings is 2. The zero-order valence-electron chi connectivity index (χ0n) is 11.2. The van der Waals surface area contributed by atoms with Gasteiger partial charge in [-0.15, -0.1) is 0 Å². The zero-order chi connectivity index (χ0) is 14.3. The van der Waals surface area contributed by atoms with Crippen molar-refractivity contribution < 1.29 is 9.13 Å². The highest BCUT2D eigenvalue weighted by molar-refractivity contribution is 5.77. The van der Waals surface area contributed by atoms with E-state index in [-0.39, 0.29) is 5.69 Å². The molecule has 0 bridgehead atoms. The molecule has 0 fully saturated rings. The fourth-order valence-electron chi connectivity index (χ4n) is 2.11. The van der Waals surface area contributed by atoms with E-state index >= 15 is 0 Å². The van der Waals surface area contributed by atoms with Crippen molar-refractivity contribution in [1.29, 1.82) is 0 Å². The van der Waals surface area contributed by atoms with E-state index in [0.29, 0.717) is 17.1 Å². The van der Waals surface area contributed by atoms with Crippen molar-refractivity contribution in [1.82, 2.24) is 9.55 Å². The molecule has 3 aromatic rings. The minimum Gasteiger partial charge on any atom is -0.457 e. The second-order valence-electron chi connectivity index (χ2n) is 4.70. The molecular formula is C15H14FN3O. The van der Waals surface area contributed by atoms with Gasteiger partial charge in [0.25, 0.3) is 0 Å². The lowest BCUT2D eigenvalue weighted by Gasteiger charge is -2.10. The normalized spacial score (nSPS) is 10.9. The summed E-state index contributed by atoms with van der Waals surface area (Å²) in [5.74, 6) is 0.622. The van der Waals surface area contributed by atoms with E-state index in [0.717, 1.165) is 11.0 Å². The van der Waals surface area contributed by atoms with Crippen LogP contribution in [-0.2, 0) is 7.05 Å². The number of aryl methyl sites for hydroxylation is 1. The second-order valence-corrected chi connectivity index (χ2v) is 4.70. The van der Waals surface area contributed by atoms with Crippen molar-refractivity contribution >= 4 is 16.7 Å². The molecule has 0 aliphatic rings. The number of hydrogen-bond acceptors (Lipinski definition) is 3. The first-order valence-electron chi connectivity index (χ1n) is 6.20. The molecule has 3 rings (SSSR count). The van der Waals surface area contributed by atoms with Gasteiger partial charge in [0.05, 0.1) is 23.0 Å². The molecule has 20 heavy (non-hydrogen) atoms. The maximum atomic E-state index is 13.7. The summed E-state index contributed by atoms with van der Waals surface area (Å²) in [6, 6.07) is 8.73. The largest absolute Gasteiger partial charge is 0.457 e. The topological polar surface area (TPSA) is 53.1 Å². The molecule has 0 aliphatic carbocycles. The number of nitrogens with two attached hydrogens (primary N) is 1. The van der Waals surface area contributed by atoms with Crippen molar-refractivity contribution in [3.63, 3.8) is 0 Å². The minimum absolute atomic E-state index is 0.120. The van der Waals surface area contributed by atoms with Gasteiger partial charge in [-0.1, -0.05) is 0 Å². The van der Waals surface area contributed by atoms with Gasteiger partial charge in [0.1, 0.15) is 11.5 Å². The number of rotatable bonds is 2. The summed E-state index contributed by atoms with van der Waals surface area (Å²) in [6.45, 7) is 1.64. The SMILES string of the molecule is Cc1c(Oc2ccc3c(c2)ncn3C)ccc(N)c1F. The Morgan fingerprint density at radius 2 is 2.05 bits per heavy atom. The van der Waals surface area contributed by atoms with E-state index in [1.54, 1.807) is 19.3 Å². The van der Waals surface area contributed by atoms with E-state index in [9.17, 15) is 4.39 Å². The monoisotopic (exact) mass is 271 g/mol. The van der Waals surface area contributed by atoms with Crippen molar-refractivity contribution in [2.75, 3.05) is 5.73 Å². The van der Waals surface area contributed by atoms with Crippen molar-refractivity contribution in [2.24, 2.45) is 7.05 Å².